The van der Waals surface area contributed by atoms with Crippen molar-refractivity contribution in [1.29, 1.82) is 0 Å². The Labute approximate surface area is 105 Å². The van der Waals surface area contributed by atoms with Crippen molar-refractivity contribution >= 4 is 5.91 Å². The summed E-state index contributed by atoms with van der Waals surface area (Å²) >= 11 is 0. The summed E-state index contributed by atoms with van der Waals surface area (Å²) in [4.78, 5) is 11.9. The molecule has 1 unspecified atom stereocenters. The van der Waals surface area contributed by atoms with Crippen LogP contribution < -0.4 is 10.1 Å². The van der Waals surface area contributed by atoms with Gasteiger partial charge in [-0.2, -0.15) is 0 Å². The molecule has 2 heterocycles. The van der Waals surface area contributed by atoms with E-state index in [0.717, 1.165) is 17.7 Å². The molecule has 0 fully saturated rings. The molecule has 1 amide bonds. The maximum Gasteiger partial charge on any atom is 0.287 e. The Morgan fingerprint density at radius 2 is 2.11 bits per heavy atom. The number of carbonyl (C=O) groups is 1. The third kappa shape index (κ3) is 1.97. The highest BCUT2D eigenvalue weighted by atomic mass is 16.5. The van der Waals surface area contributed by atoms with Crippen molar-refractivity contribution in [3.05, 3.63) is 54.0 Å². The van der Waals surface area contributed by atoms with Crippen LogP contribution in [-0.4, -0.2) is 12.5 Å². The predicted octanol–water partition coefficient (Wildman–Crippen LogP) is 2.53. The standard InChI is InChI=1S/C14H13NO3/c16-14(13-6-3-8-17-13)15-11-7-9-18-12-5-2-1-4-10(11)12/h1-6,8,11H,7,9H2,(H,15,16). The number of rotatable bonds is 2. The normalized spacial score (nSPS) is 17.7. The van der Waals surface area contributed by atoms with E-state index < -0.39 is 0 Å². The molecule has 92 valence electrons. The number of nitrogens with one attached hydrogen (secondary N) is 1. The second kappa shape index (κ2) is 4.56. The Bertz CT molecular complexity index is 548. The van der Waals surface area contributed by atoms with Crippen molar-refractivity contribution < 1.29 is 13.9 Å². The lowest BCUT2D eigenvalue weighted by Gasteiger charge is -2.26. The van der Waals surface area contributed by atoms with E-state index in [1.165, 1.54) is 6.26 Å². The van der Waals surface area contributed by atoms with E-state index in [9.17, 15) is 4.79 Å². The van der Waals surface area contributed by atoms with E-state index >= 15 is 0 Å². The van der Waals surface area contributed by atoms with Crippen LogP contribution in [0.1, 0.15) is 28.6 Å². The van der Waals surface area contributed by atoms with Crippen molar-refractivity contribution in [2.75, 3.05) is 6.61 Å². The molecule has 0 spiro atoms. The van der Waals surface area contributed by atoms with E-state index in [2.05, 4.69) is 5.32 Å². The van der Waals surface area contributed by atoms with Gasteiger partial charge in [0.2, 0.25) is 0 Å². The molecule has 1 aromatic carbocycles. The van der Waals surface area contributed by atoms with Crippen molar-refractivity contribution in [2.45, 2.75) is 12.5 Å². The first-order valence-corrected chi connectivity index (χ1v) is 5.91. The molecule has 0 saturated heterocycles. The van der Waals surface area contributed by atoms with Gasteiger partial charge in [-0.05, 0) is 18.2 Å². The molecular formula is C14H13NO3. The third-order valence-corrected chi connectivity index (χ3v) is 3.01. The van der Waals surface area contributed by atoms with E-state index in [-0.39, 0.29) is 11.9 Å². The molecule has 1 aliphatic heterocycles. The summed E-state index contributed by atoms with van der Waals surface area (Å²) in [6.45, 7) is 0.611. The molecule has 18 heavy (non-hydrogen) atoms. The maximum atomic E-state index is 11.9. The number of benzene rings is 1. The van der Waals surface area contributed by atoms with Crippen LogP contribution >= 0.6 is 0 Å². The number of para-hydroxylation sites is 1. The quantitative estimate of drug-likeness (QED) is 0.881. The van der Waals surface area contributed by atoms with E-state index in [1.54, 1.807) is 12.1 Å². The van der Waals surface area contributed by atoms with E-state index in [0.29, 0.717) is 12.4 Å². The smallest absolute Gasteiger partial charge is 0.287 e. The largest absolute Gasteiger partial charge is 0.493 e. The molecule has 1 N–H and O–H groups in total. The maximum absolute atomic E-state index is 11.9. The van der Waals surface area contributed by atoms with Crippen LogP contribution in [0.2, 0.25) is 0 Å². The number of hydrogen-bond acceptors (Lipinski definition) is 3. The Morgan fingerprint density at radius 1 is 1.22 bits per heavy atom. The van der Waals surface area contributed by atoms with Gasteiger partial charge >= 0.3 is 0 Å². The monoisotopic (exact) mass is 243 g/mol. The summed E-state index contributed by atoms with van der Waals surface area (Å²) in [5, 5.41) is 2.96. The molecule has 0 radical (unpaired) electrons. The first-order valence-electron chi connectivity index (χ1n) is 5.91. The van der Waals surface area contributed by atoms with Gasteiger partial charge in [0.1, 0.15) is 5.75 Å². The van der Waals surface area contributed by atoms with Gasteiger partial charge in [-0.15, -0.1) is 0 Å². The summed E-state index contributed by atoms with van der Waals surface area (Å²) in [6.07, 6.45) is 2.26. The lowest BCUT2D eigenvalue weighted by Crippen LogP contribution is -2.31. The van der Waals surface area contributed by atoms with Crippen LogP contribution in [0.4, 0.5) is 0 Å². The molecule has 1 aromatic heterocycles. The van der Waals surface area contributed by atoms with Gasteiger partial charge in [0.05, 0.1) is 18.9 Å². The number of hydrogen-bond donors (Lipinski definition) is 1. The van der Waals surface area contributed by atoms with Crippen molar-refractivity contribution in [3.63, 3.8) is 0 Å². The molecule has 1 atom stereocenters. The van der Waals surface area contributed by atoms with Gasteiger partial charge in [0.25, 0.3) is 5.91 Å². The SMILES string of the molecule is O=C(NC1CCOc2ccccc21)c1ccco1. The lowest BCUT2D eigenvalue weighted by atomic mass is 10.0. The summed E-state index contributed by atoms with van der Waals surface area (Å²) in [6, 6.07) is 11.1. The lowest BCUT2D eigenvalue weighted by molar-refractivity contribution is 0.0896. The second-order valence-electron chi connectivity index (χ2n) is 4.18. The Kier molecular flexibility index (Phi) is 2.76. The van der Waals surface area contributed by atoms with Crippen molar-refractivity contribution in [2.24, 2.45) is 0 Å². The molecule has 4 heteroatoms. The average molecular weight is 243 g/mol. The predicted molar refractivity (Wildman–Crippen MR) is 65.5 cm³/mol. The van der Waals surface area contributed by atoms with Gasteiger partial charge in [-0.3, -0.25) is 4.79 Å². The second-order valence-corrected chi connectivity index (χ2v) is 4.18. The van der Waals surface area contributed by atoms with Gasteiger partial charge in [0.15, 0.2) is 5.76 Å². The minimum atomic E-state index is -0.193. The Hall–Kier alpha value is -2.23. The fourth-order valence-corrected chi connectivity index (χ4v) is 2.13. The molecular weight excluding hydrogens is 230 g/mol. The summed E-state index contributed by atoms with van der Waals surface area (Å²) in [5.41, 5.74) is 1.02. The molecule has 1 aliphatic rings. The first-order chi connectivity index (χ1) is 8.84. The molecule has 0 saturated carbocycles. The number of amides is 1. The van der Waals surface area contributed by atoms with Crippen molar-refractivity contribution in [1.82, 2.24) is 5.32 Å². The molecule has 4 nitrogen and oxygen atoms in total. The number of fused-ring (bicyclic) bond motifs is 1. The third-order valence-electron chi connectivity index (χ3n) is 3.01. The van der Waals surface area contributed by atoms with E-state index in [1.807, 2.05) is 24.3 Å². The van der Waals surface area contributed by atoms with Crippen LogP contribution in [0.25, 0.3) is 0 Å². The summed E-state index contributed by atoms with van der Waals surface area (Å²) < 4.78 is 10.6. The average Bonchev–Trinajstić information content (AvgIpc) is 2.93. The zero-order chi connectivity index (χ0) is 12.4. The zero-order valence-corrected chi connectivity index (χ0v) is 9.76. The highest BCUT2D eigenvalue weighted by Gasteiger charge is 2.23. The van der Waals surface area contributed by atoms with Crippen LogP contribution in [0, 0.1) is 0 Å². The minimum absolute atomic E-state index is 0.0208. The van der Waals surface area contributed by atoms with E-state index in [4.69, 9.17) is 9.15 Å². The van der Waals surface area contributed by atoms with Gasteiger partial charge < -0.3 is 14.5 Å². The Balaban J connectivity index is 1.80. The molecule has 2 aromatic rings. The summed E-state index contributed by atoms with van der Waals surface area (Å²) in [5.74, 6) is 0.981. The number of furan rings is 1. The highest BCUT2D eigenvalue weighted by Crippen LogP contribution is 2.31. The fourth-order valence-electron chi connectivity index (χ4n) is 2.13. The topological polar surface area (TPSA) is 51.5 Å². The number of carbonyl (C=O) groups excluding carboxylic acids is 1. The van der Waals surface area contributed by atoms with Crippen LogP contribution in [-0.2, 0) is 0 Å². The first kappa shape index (κ1) is 10.9. The van der Waals surface area contributed by atoms with Crippen molar-refractivity contribution in [3.8, 4) is 5.75 Å². The van der Waals surface area contributed by atoms with Crippen LogP contribution in [0.15, 0.2) is 47.1 Å². The van der Waals surface area contributed by atoms with Gasteiger partial charge in [-0.1, -0.05) is 18.2 Å². The molecule has 3 rings (SSSR count). The van der Waals surface area contributed by atoms with Crippen LogP contribution in [0.5, 0.6) is 5.75 Å². The van der Waals surface area contributed by atoms with Gasteiger partial charge in [0, 0.05) is 12.0 Å². The molecule has 0 aliphatic carbocycles. The summed E-state index contributed by atoms with van der Waals surface area (Å²) in [7, 11) is 0. The molecule has 0 bridgehead atoms. The van der Waals surface area contributed by atoms with Crippen LogP contribution in [0.3, 0.4) is 0 Å². The zero-order valence-electron chi connectivity index (χ0n) is 9.76. The van der Waals surface area contributed by atoms with Gasteiger partial charge in [-0.25, -0.2) is 0 Å². The number of ether oxygens (including phenoxy) is 1. The Morgan fingerprint density at radius 3 is 2.94 bits per heavy atom. The minimum Gasteiger partial charge on any atom is -0.493 e. The highest BCUT2D eigenvalue weighted by molar-refractivity contribution is 5.91. The fraction of sp³-hybridized carbons (Fsp3) is 0.214.